The van der Waals surface area contributed by atoms with Crippen molar-refractivity contribution in [3.63, 3.8) is 0 Å². The van der Waals surface area contributed by atoms with E-state index in [-0.39, 0.29) is 0 Å². The molecule has 0 bridgehead atoms. The Kier molecular flexibility index (Phi) is 3.43. The van der Waals surface area contributed by atoms with Crippen molar-refractivity contribution in [1.29, 1.82) is 5.26 Å². The average Bonchev–Trinajstić information content (AvgIpc) is 2.37. The third kappa shape index (κ3) is 2.69. The van der Waals surface area contributed by atoms with E-state index in [1.807, 2.05) is 51.1 Å². The van der Waals surface area contributed by atoms with Crippen LogP contribution in [0.15, 0.2) is 30.3 Å². The molecule has 0 unspecified atom stereocenters. The van der Waals surface area contributed by atoms with Gasteiger partial charge in [-0.2, -0.15) is 5.26 Å². The van der Waals surface area contributed by atoms with Crippen molar-refractivity contribution in [2.75, 3.05) is 5.73 Å². The Morgan fingerprint density at radius 2 is 1.63 bits per heavy atom. The largest absolute Gasteiger partial charge is 0.457 e. The maximum atomic E-state index is 8.93. The Labute approximate surface area is 113 Å². The zero-order valence-electron chi connectivity index (χ0n) is 11.3. The van der Waals surface area contributed by atoms with E-state index in [2.05, 4.69) is 6.07 Å². The van der Waals surface area contributed by atoms with Crippen LogP contribution in [0.3, 0.4) is 0 Å². The monoisotopic (exact) mass is 252 g/mol. The summed E-state index contributed by atoms with van der Waals surface area (Å²) in [4.78, 5) is 0. The molecule has 0 aliphatic heterocycles. The maximum absolute atomic E-state index is 8.93. The maximum Gasteiger partial charge on any atom is 0.133 e. The van der Waals surface area contributed by atoms with Crippen LogP contribution in [0, 0.1) is 32.1 Å². The lowest BCUT2D eigenvalue weighted by molar-refractivity contribution is 0.475. The number of ether oxygens (including phenoxy) is 1. The number of nitrogens with zero attached hydrogens (tertiary/aromatic N) is 1. The summed E-state index contributed by atoms with van der Waals surface area (Å²) in [6, 6.07) is 11.4. The fourth-order valence-corrected chi connectivity index (χ4v) is 2.01. The predicted octanol–water partition coefficient (Wildman–Crippen LogP) is 3.86. The highest BCUT2D eigenvalue weighted by atomic mass is 16.5. The van der Waals surface area contributed by atoms with E-state index in [1.165, 1.54) is 0 Å². The highest BCUT2D eigenvalue weighted by Gasteiger charge is 2.08. The lowest BCUT2D eigenvalue weighted by Crippen LogP contribution is -1.94. The molecule has 0 saturated heterocycles. The second kappa shape index (κ2) is 5.03. The summed E-state index contributed by atoms with van der Waals surface area (Å²) in [6.07, 6.45) is 0. The topological polar surface area (TPSA) is 59.0 Å². The van der Waals surface area contributed by atoms with E-state index >= 15 is 0 Å². The van der Waals surface area contributed by atoms with Crippen molar-refractivity contribution in [1.82, 2.24) is 0 Å². The first-order chi connectivity index (χ1) is 9.01. The molecule has 19 heavy (non-hydrogen) atoms. The molecule has 2 rings (SSSR count). The normalized spacial score (nSPS) is 10.0. The Morgan fingerprint density at radius 1 is 1.00 bits per heavy atom. The zero-order valence-corrected chi connectivity index (χ0v) is 11.3. The summed E-state index contributed by atoms with van der Waals surface area (Å²) >= 11 is 0. The second-order valence-corrected chi connectivity index (χ2v) is 4.67. The van der Waals surface area contributed by atoms with Crippen molar-refractivity contribution >= 4 is 5.69 Å². The molecule has 0 saturated carbocycles. The van der Waals surface area contributed by atoms with Crippen molar-refractivity contribution < 1.29 is 4.74 Å². The highest BCUT2D eigenvalue weighted by molar-refractivity contribution is 5.52. The van der Waals surface area contributed by atoms with Gasteiger partial charge in [0.15, 0.2) is 0 Å². The third-order valence-electron chi connectivity index (χ3n) is 3.05. The first kappa shape index (κ1) is 13.0. The summed E-state index contributed by atoms with van der Waals surface area (Å²) in [7, 11) is 0. The molecule has 0 aliphatic rings. The van der Waals surface area contributed by atoms with E-state index in [0.717, 1.165) is 33.9 Å². The first-order valence-corrected chi connectivity index (χ1v) is 6.06. The lowest BCUT2D eigenvalue weighted by atomic mass is 10.1. The van der Waals surface area contributed by atoms with Crippen LogP contribution in [-0.4, -0.2) is 0 Å². The van der Waals surface area contributed by atoms with Crippen LogP contribution in [0.4, 0.5) is 5.69 Å². The first-order valence-electron chi connectivity index (χ1n) is 6.06. The molecule has 0 heterocycles. The number of nitrogens with two attached hydrogens (primary N) is 1. The van der Waals surface area contributed by atoms with Gasteiger partial charge in [0.1, 0.15) is 11.5 Å². The molecule has 0 spiro atoms. The predicted molar refractivity (Wildman–Crippen MR) is 76.3 cm³/mol. The van der Waals surface area contributed by atoms with Crippen LogP contribution in [-0.2, 0) is 0 Å². The molecule has 3 heteroatoms. The molecule has 0 aromatic heterocycles. The molecule has 0 aliphatic carbocycles. The summed E-state index contributed by atoms with van der Waals surface area (Å²) in [5.41, 5.74) is 10.1. The van der Waals surface area contributed by atoms with Gasteiger partial charge in [0.25, 0.3) is 0 Å². The number of benzene rings is 2. The van der Waals surface area contributed by atoms with Gasteiger partial charge in [-0.1, -0.05) is 0 Å². The van der Waals surface area contributed by atoms with E-state index in [9.17, 15) is 0 Å². The number of rotatable bonds is 2. The summed E-state index contributed by atoms with van der Waals surface area (Å²) in [5.74, 6) is 1.55. The summed E-state index contributed by atoms with van der Waals surface area (Å²) < 4.78 is 5.91. The molecule has 2 aromatic carbocycles. The Balaban J connectivity index is 2.38. The molecule has 0 radical (unpaired) electrons. The van der Waals surface area contributed by atoms with Gasteiger partial charge in [0.05, 0.1) is 11.6 Å². The lowest BCUT2D eigenvalue weighted by Gasteiger charge is -2.13. The van der Waals surface area contributed by atoms with Crippen molar-refractivity contribution in [2.24, 2.45) is 0 Å². The van der Waals surface area contributed by atoms with Crippen LogP contribution < -0.4 is 10.5 Å². The number of nitrogen functional groups attached to an aromatic ring is 1. The van der Waals surface area contributed by atoms with Crippen molar-refractivity contribution in [3.8, 4) is 17.6 Å². The van der Waals surface area contributed by atoms with E-state index in [1.54, 1.807) is 0 Å². The fraction of sp³-hybridized carbons (Fsp3) is 0.188. The smallest absolute Gasteiger partial charge is 0.133 e. The van der Waals surface area contributed by atoms with Gasteiger partial charge in [0, 0.05) is 5.69 Å². The number of hydrogen-bond acceptors (Lipinski definition) is 3. The van der Waals surface area contributed by atoms with E-state index in [4.69, 9.17) is 15.7 Å². The molecule has 3 nitrogen and oxygen atoms in total. The Hall–Kier alpha value is -2.47. The van der Waals surface area contributed by atoms with E-state index < -0.39 is 0 Å². The summed E-state index contributed by atoms with van der Waals surface area (Å²) in [5, 5.41) is 8.93. The van der Waals surface area contributed by atoms with Crippen LogP contribution in [0.5, 0.6) is 11.5 Å². The molecule has 0 atom stereocenters. The third-order valence-corrected chi connectivity index (χ3v) is 3.05. The van der Waals surface area contributed by atoms with Gasteiger partial charge >= 0.3 is 0 Å². The molecule has 0 fully saturated rings. The van der Waals surface area contributed by atoms with Gasteiger partial charge in [-0.25, -0.2) is 0 Å². The quantitative estimate of drug-likeness (QED) is 0.826. The fourth-order valence-electron chi connectivity index (χ4n) is 2.01. The van der Waals surface area contributed by atoms with Crippen molar-refractivity contribution in [3.05, 3.63) is 52.6 Å². The SMILES string of the molecule is Cc1cc(Oc2c(C)cc(C#N)cc2C)ccc1N. The standard InChI is InChI=1S/C16H16N2O/c1-10-8-14(4-5-15(10)18)19-16-11(2)6-13(9-17)7-12(16)3/h4-8H,18H2,1-3H3. The summed E-state index contributed by atoms with van der Waals surface area (Å²) in [6.45, 7) is 5.82. The van der Waals surface area contributed by atoms with E-state index in [0.29, 0.717) is 5.56 Å². The van der Waals surface area contributed by atoms with Crippen LogP contribution in [0.2, 0.25) is 0 Å². The number of aryl methyl sites for hydroxylation is 3. The highest BCUT2D eigenvalue weighted by Crippen LogP contribution is 2.31. The number of hydrogen-bond donors (Lipinski definition) is 1. The zero-order chi connectivity index (χ0) is 14.0. The van der Waals surface area contributed by atoms with Crippen LogP contribution in [0.1, 0.15) is 22.3 Å². The molecule has 0 amide bonds. The Bertz CT molecular complexity index is 646. The van der Waals surface area contributed by atoms with Crippen molar-refractivity contribution in [2.45, 2.75) is 20.8 Å². The van der Waals surface area contributed by atoms with Crippen LogP contribution >= 0.6 is 0 Å². The Morgan fingerprint density at radius 3 is 2.16 bits per heavy atom. The van der Waals surface area contributed by atoms with Gasteiger partial charge < -0.3 is 10.5 Å². The molecular weight excluding hydrogens is 236 g/mol. The van der Waals surface area contributed by atoms with Gasteiger partial charge in [-0.15, -0.1) is 0 Å². The minimum Gasteiger partial charge on any atom is -0.457 e. The minimum absolute atomic E-state index is 0.649. The van der Waals surface area contributed by atoms with Crippen LogP contribution in [0.25, 0.3) is 0 Å². The molecule has 2 N–H and O–H groups in total. The number of anilines is 1. The van der Waals surface area contributed by atoms with Gasteiger partial charge in [-0.05, 0) is 67.8 Å². The molecule has 96 valence electrons. The average molecular weight is 252 g/mol. The van der Waals surface area contributed by atoms with Gasteiger partial charge in [-0.3, -0.25) is 0 Å². The number of nitriles is 1. The second-order valence-electron chi connectivity index (χ2n) is 4.67. The molecular formula is C16H16N2O. The molecule has 2 aromatic rings. The van der Waals surface area contributed by atoms with Gasteiger partial charge in [0.2, 0.25) is 0 Å². The minimum atomic E-state index is 0.649.